The summed E-state index contributed by atoms with van der Waals surface area (Å²) in [5.74, 6) is -0.124. The lowest BCUT2D eigenvalue weighted by molar-refractivity contribution is -0.131. The fraction of sp³-hybridized carbons (Fsp3) is 0.533. The summed E-state index contributed by atoms with van der Waals surface area (Å²) in [6.45, 7) is 2.95. The first-order valence-corrected chi connectivity index (χ1v) is 7.47. The van der Waals surface area contributed by atoms with E-state index in [9.17, 15) is 9.18 Å². The molecule has 1 aromatic carbocycles. The van der Waals surface area contributed by atoms with Gasteiger partial charge in [0.25, 0.3) is 0 Å². The highest BCUT2D eigenvalue weighted by Crippen LogP contribution is 2.16. The van der Waals surface area contributed by atoms with Crippen LogP contribution < -0.4 is 5.32 Å². The van der Waals surface area contributed by atoms with Crippen LogP contribution in [0, 0.1) is 5.82 Å². The number of nitrogens with one attached hydrogen (secondary N) is 1. The van der Waals surface area contributed by atoms with Crippen molar-refractivity contribution in [1.82, 2.24) is 10.2 Å². The van der Waals surface area contributed by atoms with Crippen LogP contribution in [0.2, 0.25) is 5.02 Å². The zero-order chi connectivity index (χ0) is 14.4. The maximum Gasteiger partial charge on any atom is 0.223 e. The monoisotopic (exact) mass is 298 g/mol. The van der Waals surface area contributed by atoms with E-state index in [4.69, 9.17) is 11.6 Å². The van der Waals surface area contributed by atoms with Crippen molar-refractivity contribution in [2.45, 2.75) is 32.2 Å². The van der Waals surface area contributed by atoms with Gasteiger partial charge in [0, 0.05) is 37.6 Å². The summed E-state index contributed by atoms with van der Waals surface area (Å²) in [4.78, 5) is 13.9. The maximum atomic E-state index is 12.9. The molecule has 1 amide bonds. The number of hydrogen-bond acceptors (Lipinski definition) is 2. The molecule has 1 fully saturated rings. The molecule has 1 heterocycles. The predicted octanol–water partition coefficient (Wildman–Crippen LogP) is 2.97. The van der Waals surface area contributed by atoms with Crippen molar-refractivity contribution in [1.29, 1.82) is 0 Å². The zero-order valence-corrected chi connectivity index (χ0v) is 12.3. The predicted molar refractivity (Wildman–Crippen MR) is 78.2 cm³/mol. The minimum atomic E-state index is -0.334. The Morgan fingerprint density at radius 1 is 1.30 bits per heavy atom. The lowest BCUT2D eigenvalue weighted by Crippen LogP contribution is -2.37. The number of nitrogens with zero attached hydrogens (tertiary/aromatic N) is 1. The van der Waals surface area contributed by atoms with E-state index in [1.807, 2.05) is 4.90 Å². The number of hydrogen-bond donors (Lipinski definition) is 1. The van der Waals surface area contributed by atoms with Crippen molar-refractivity contribution in [3.05, 3.63) is 34.6 Å². The van der Waals surface area contributed by atoms with Crippen molar-refractivity contribution in [3.8, 4) is 0 Å². The van der Waals surface area contributed by atoms with Crippen molar-refractivity contribution >= 4 is 17.5 Å². The first-order chi connectivity index (χ1) is 9.66. The molecule has 110 valence electrons. The molecule has 1 N–H and O–H groups in total. The Balaban J connectivity index is 1.69. The van der Waals surface area contributed by atoms with Gasteiger partial charge in [-0.25, -0.2) is 4.39 Å². The van der Waals surface area contributed by atoms with Crippen LogP contribution >= 0.6 is 11.6 Å². The van der Waals surface area contributed by atoms with E-state index >= 15 is 0 Å². The second kappa shape index (κ2) is 7.60. The van der Waals surface area contributed by atoms with Crippen LogP contribution in [-0.2, 0) is 11.3 Å². The molecule has 3 nitrogen and oxygen atoms in total. The molecule has 0 unspecified atom stereocenters. The number of likely N-dealkylation sites (tertiary alicyclic amines) is 1. The fourth-order valence-electron chi connectivity index (χ4n) is 2.38. The van der Waals surface area contributed by atoms with Gasteiger partial charge in [0.05, 0.1) is 0 Å². The second-order valence-corrected chi connectivity index (χ2v) is 5.51. The van der Waals surface area contributed by atoms with Crippen LogP contribution in [0.3, 0.4) is 0 Å². The van der Waals surface area contributed by atoms with Gasteiger partial charge < -0.3 is 10.2 Å². The molecule has 1 aromatic rings. The molecule has 0 atom stereocenters. The number of halogens is 2. The number of amides is 1. The summed E-state index contributed by atoms with van der Waals surface area (Å²) in [7, 11) is 0. The fourth-order valence-corrected chi connectivity index (χ4v) is 2.62. The normalized spacial score (nSPS) is 15.4. The lowest BCUT2D eigenvalue weighted by Gasteiger charge is -2.26. The van der Waals surface area contributed by atoms with Crippen LogP contribution in [-0.4, -0.2) is 30.4 Å². The van der Waals surface area contributed by atoms with E-state index in [1.54, 1.807) is 6.07 Å². The molecular formula is C15H20ClFN2O. The molecular weight excluding hydrogens is 279 g/mol. The minimum absolute atomic E-state index is 0.211. The molecule has 0 aliphatic carbocycles. The van der Waals surface area contributed by atoms with Gasteiger partial charge in [0.1, 0.15) is 5.82 Å². The summed E-state index contributed by atoms with van der Waals surface area (Å²) < 4.78 is 12.9. The Labute approximate surface area is 124 Å². The van der Waals surface area contributed by atoms with Crippen LogP contribution in [0.5, 0.6) is 0 Å². The van der Waals surface area contributed by atoms with E-state index < -0.39 is 0 Å². The molecule has 0 bridgehead atoms. The summed E-state index contributed by atoms with van der Waals surface area (Å²) in [5, 5.41) is 3.59. The standard InChI is InChI=1S/C15H20ClFN2O/c16-14-10-13(17)5-4-12(14)11-18-7-6-15(20)19-8-2-1-3-9-19/h4-5,10,18H,1-3,6-9,11H2. The Hall–Kier alpha value is -1.13. The molecule has 20 heavy (non-hydrogen) atoms. The summed E-state index contributed by atoms with van der Waals surface area (Å²) in [6, 6.07) is 4.36. The summed E-state index contributed by atoms with van der Waals surface area (Å²) in [6.07, 6.45) is 3.96. The first-order valence-electron chi connectivity index (χ1n) is 7.09. The zero-order valence-electron chi connectivity index (χ0n) is 11.5. The third-order valence-electron chi connectivity index (χ3n) is 3.55. The van der Waals surface area contributed by atoms with Crippen molar-refractivity contribution in [2.24, 2.45) is 0 Å². The van der Waals surface area contributed by atoms with Gasteiger partial charge in [-0.2, -0.15) is 0 Å². The van der Waals surface area contributed by atoms with E-state index in [-0.39, 0.29) is 11.7 Å². The van der Waals surface area contributed by atoms with Gasteiger partial charge in [-0.15, -0.1) is 0 Å². The van der Waals surface area contributed by atoms with Crippen LogP contribution in [0.1, 0.15) is 31.2 Å². The van der Waals surface area contributed by atoms with Gasteiger partial charge in [0.15, 0.2) is 0 Å². The smallest absolute Gasteiger partial charge is 0.223 e. The summed E-state index contributed by atoms with van der Waals surface area (Å²) in [5.41, 5.74) is 0.846. The average Bonchev–Trinajstić information content (AvgIpc) is 2.46. The summed E-state index contributed by atoms with van der Waals surface area (Å²) >= 11 is 5.94. The molecule has 0 spiro atoms. The highest BCUT2D eigenvalue weighted by molar-refractivity contribution is 6.31. The molecule has 1 aliphatic rings. The third kappa shape index (κ3) is 4.46. The highest BCUT2D eigenvalue weighted by atomic mass is 35.5. The van der Waals surface area contributed by atoms with Crippen molar-refractivity contribution in [2.75, 3.05) is 19.6 Å². The number of benzene rings is 1. The van der Waals surface area contributed by atoms with Crippen molar-refractivity contribution in [3.63, 3.8) is 0 Å². The average molecular weight is 299 g/mol. The minimum Gasteiger partial charge on any atom is -0.343 e. The van der Waals surface area contributed by atoms with Crippen LogP contribution in [0.15, 0.2) is 18.2 Å². The van der Waals surface area contributed by atoms with E-state index in [0.29, 0.717) is 24.5 Å². The maximum absolute atomic E-state index is 12.9. The van der Waals surface area contributed by atoms with Gasteiger partial charge >= 0.3 is 0 Å². The van der Waals surface area contributed by atoms with E-state index in [0.717, 1.165) is 31.5 Å². The van der Waals surface area contributed by atoms with E-state index in [2.05, 4.69) is 5.32 Å². The number of piperidine rings is 1. The SMILES string of the molecule is O=C(CCNCc1ccc(F)cc1Cl)N1CCCCC1. The Kier molecular flexibility index (Phi) is 5.80. The Morgan fingerprint density at radius 2 is 2.05 bits per heavy atom. The molecule has 0 aromatic heterocycles. The van der Waals surface area contributed by atoms with Crippen LogP contribution in [0.4, 0.5) is 4.39 Å². The molecule has 1 aliphatic heterocycles. The topological polar surface area (TPSA) is 32.3 Å². The van der Waals surface area contributed by atoms with Gasteiger partial charge in [-0.1, -0.05) is 17.7 Å². The first kappa shape index (κ1) is 15.3. The molecule has 0 radical (unpaired) electrons. The second-order valence-electron chi connectivity index (χ2n) is 5.10. The van der Waals surface area contributed by atoms with Crippen molar-refractivity contribution < 1.29 is 9.18 Å². The quantitative estimate of drug-likeness (QED) is 0.848. The van der Waals surface area contributed by atoms with Gasteiger partial charge in [0.2, 0.25) is 5.91 Å². The van der Waals surface area contributed by atoms with E-state index in [1.165, 1.54) is 18.6 Å². The Bertz CT molecular complexity index is 461. The lowest BCUT2D eigenvalue weighted by atomic mass is 10.1. The molecule has 0 saturated carbocycles. The number of carbonyl (C=O) groups excluding carboxylic acids is 1. The molecule has 2 rings (SSSR count). The highest BCUT2D eigenvalue weighted by Gasteiger charge is 2.15. The molecule has 1 saturated heterocycles. The van der Waals surface area contributed by atoms with Gasteiger partial charge in [-0.05, 0) is 37.0 Å². The Morgan fingerprint density at radius 3 is 2.75 bits per heavy atom. The number of carbonyl (C=O) groups is 1. The van der Waals surface area contributed by atoms with Crippen LogP contribution in [0.25, 0.3) is 0 Å². The largest absolute Gasteiger partial charge is 0.343 e. The molecule has 5 heteroatoms. The van der Waals surface area contributed by atoms with Gasteiger partial charge in [-0.3, -0.25) is 4.79 Å². The third-order valence-corrected chi connectivity index (χ3v) is 3.91. The number of rotatable bonds is 5.